The van der Waals surface area contributed by atoms with E-state index in [2.05, 4.69) is 15.3 Å². The Morgan fingerprint density at radius 1 is 1.36 bits per heavy atom. The molecule has 134 valence electrons. The van der Waals surface area contributed by atoms with Crippen molar-refractivity contribution in [2.45, 2.75) is 45.2 Å². The van der Waals surface area contributed by atoms with Gasteiger partial charge < -0.3 is 20.4 Å². The highest BCUT2D eigenvalue weighted by Crippen LogP contribution is 2.20. The van der Waals surface area contributed by atoms with Gasteiger partial charge in [0.05, 0.1) is 6.54 Å². The number of nitrogens with zero attached hydrogens (tertiary/aromatic N) is 3. The number of nitrogens with one attached hydrogen (secondary N) is 1. The minimum Gasteiger partial charge on any atom is -0.456 e. The SMILES string of the molecule is CCc1ccc(C(=O)N(Cc2nccc(N)n2)[C@H]2CCCNCC2)o1. The van der Waals surface area contributed by atoms with E-state index in [0.29, 0.717) is 23.9 Å². The van der Waals surface area contributed by atoms with Crippen LogP contribution in [-0.2, 0) is 13.0 Å². The van der Waals surface area contributed by atoms with Crippen LogP contribution in [0.25, 0.3) is 0 Å². The number of hydrogen-bond acceptors (Lipinski definition) is 6. The number of furan rings is 1. The minimum absolute atomic E-state index is 0.113. The molecule has 3 heterocycles. The van der Waals surface area contributed by atoms with E-state index in [4.69, 9.17) is 10.2 Å². The summed E-state index contributed by atoms with van der Waals surface area (Å²) in [5.74, 6) is 2.03. The molecule has 3 rings (SSSR count). The summed E-state index contributed by atoms with van der Waals surface area (Å²) in [4.78, 5) is 23.5. The first-order valence-electron chi connectivity index (χ1n) is 8.85. The Labute approximate surface area is 147 Å². The molecule has 25 heavy (non-hydrogen) atoms. The van der Waals surface area contributed by atoms with Gasteiger partial charge in [0.25, 0.3) is 5.91 Å². The van der Waals surface area contributed by atoms with Crippen LogP contribution in [-0.4, -0.2) is 39.9 Å². The standard InChI is InChI=1S/C18H25N5O2/c1-2-14-5-6-15(25-14)18(24)23(13-4-3-9-20-10-7-13)12-17-21-11-8-16(19)22-17/h5-6,8,11,13,20H,2-4,7,9-10,12H2,1H3,(H2,19,21,22)/t13-/m0/s1. The Morgan fingerprint density at radius 3 is 3.00 bits per heavy atom. The number of nitrogen functional groups attached to an aromatic ring is 1. The molecule has 7 nitrogen and oxygen atoms in total. The van der Waals surface area contributed by atoms with Gasteiger partial charge in [0.1, 0.15) is 17.4 Å². The van der Waals surface area contributed by atoms with Crippen LogP contribution in [0.5, 0.6) is 0 Å². The first kappa shape index (κ1) is 17.4. The van der Waals surface area contributed by atoms with Crippen LogP contribution in [0.2, 0.25) is 0 Å². The molecule has 1 aliphatic rings. The summed E-state index contributed by atoms with van der Waals surface area (Å²) < 4.78 is 5.69. The van der Waals surface area contributed by atoms with E-state index in [-0.39, 0.29) is 11.9 Å². The van der Waals surface area contributed by atoms with E-state index >= 15 is 0 Å². The maximum Gasteiger partial charge on any atom is 0.290 e. The van der Waals surface area contributed by atoms with E-state index in [0.717, 1.165) is 44.5 Å². The monoisotopic (exact) mass is 343 g/mol. The Balaban J connectivity index is 1.85. The molecule has 1 atom stereocenters. The largest absolute Gasteiger partial charge is 0.456 e. The fourth-order valence-electron chi connectivity index (χ4n) is 3.15. The van der Waals surface area contributed by atoms with E-state index in [1.807, 2.05) is 17.9 Å². The third-order valence-corrected chi connectivity index (χ3v) is 4.51. The van der Waals surface area contributed by atoms with Gasteiger partial charge in [-0.05, 0) is 50.6 Å². The minimum atomic E-state index is -0.113. The van der Waals surface area contributed by atoms with Crippen LogP contribution in [0.3, 0.4) is 0 Å². The topological polar surface area (TPSA) is 97.3 Å². The third kappa shape index (κ3) is 4.36. The van der Waals surface area contributed by atoms with Gasteiger partial charge in [0, 0.05) is 18.7 Å². The number of rotatable bonds is 5. The van der Waals surface area contributed by atoms with Crippen LogP contribution in [0, 0.1) is 0 Å². The second-order valence-electron chi connectivity index (χ2n) is 6.29. The highest BCUT2D eigenvalue weighted by Gasteiger charge is 2.28. The zero-order chi connectivity index (χ0) is 17.6. The lowest BCUT2D eigenvalue weighted by Crippen LogP contribution is -2.40. The fourth-order valence-corrected chi connectivity index (χ4v) is 3.15. The lowest BCUT2D eigenvalue weighted by Gasteiger charge is -2.30. The summed E-state index contributed by atoms with van der Waals surface area (Å²) >= 11 is 0. The van der Waals surface area contributed by atoms with Crippen molar-refractivity contribution in [3.8, 4) is 0 Å². The van der Waals surface area contributed by atoms with Gasteiger partial charge in [-0.2, -0.15) is 0 Å². The molecule has 0 unspecified atom stereocenters. The molecular formula is C18H25N5O2. The molecule has 0 aromatic carbocycles. The van der Waals surface area contributed by atoms with Crippen LogP contribution in [0.4, 0.5) is 5.82 Å². The number of amides is 1. The van der Waals surface area contributed by atoms with Gasteiger partial charge in [0.2, 0.25) is 0 Å². The van der Waals surface area contributed by atoms with Crippen molar-refractivity contribution < 1.29 is 9.21 Å². The average Bonchev–Trinajstić information content (AvgIpc) is 2.94. The fraction of sp³-hybridized carbons (Fsp3) is 0.500. The summed E-state index contributed by atoms with van der Waals surface area (Å²) in [6, 6.07) is 5.38. The highest BCUT2D eigenvalue weighted by molar-refractivity contribution is 5.91. The quantitative estimate of drug-likeness (QED) is 0.862. The molecule has 3 N–H and O–H groups in total. The van der Waals surface area contributed by atoms with Crippen molar-refractivity contribution in [3.05, 3.63) is 41.7 Å². The predicted octanol–water partition coefficient (Wildman–Crippen LogP) is 2.00. The first-order valence-corrected chi connectivity index (χ1v) is 8.85. The second kappa shape index (κ2) is 8.11. The molecule has 0 radical (unpaired) electrons. The van der Waals surface area contributed by atoms with Crippen LogP contribution < -0.4 is 11.1 Å². The molecule has 7 heteroatoms. The highest BCUT2D eigenvalue weighted by atomic mass is 16.4. The van der Waals surface area contributed by atoms with Crippen molar-refractivity contribution in [2.24, 2.45) is 0 Å². The van der Waals surface area contributed by atoms with Crippen molar-refractivity contribution in [2.75, 3.05) is 18.8 Å². The summed E-state index contributed by atoms with van der Waals surface area (Å²) in [7, 11) is 0. The molecule has 0 bridgehead atoms. The number of anilines is 1. The molecule has 1 fully saturated rings. The third-order valence-electron chi connectivity index (χ3n) is 4.51. The summed E-state index contributed by atoms with van der Waals surface area (Å²) in [5, 5.41) is 3.38. The van der Waals surface area contributed by atoms with Gasteiger partial charge >= 0.3 is 0 Å². The molecule has 1 aliphatic heterocycles. The predicted molar refractivity (Wildman–Crippen MR) is 94.9 cm³/mol. The van der Waals surface area contributed by atoms with Gasteiger partial charge in [-0.1, -0.05) is 6.92 Å². The number of aromatic nitrogens is 2. The molecule has 1 amide bonds. The molecule has 2 aromatic heterocycles. The van der Waals surface area contributed by atoms with Crippen LogP contribution in [0.1, 0.15) is 48.3 Å². The summed E-state index contributed by atoms with van der Waals surface area (Å²) in [6.07, 6.45) is 5.26. The maximum absolute atomic E-state index is 13.1. The van der Waals surface area contributed by atoms with E-state index < -0.39 is 0 Å². The van der Waals surface area contributed by atoms with E-state index in [1.165, 1.54) is 0 Å². The molecule has 0 spiro atoms. The Morgan fingerprint density at radius 2 is 2.24 bits per heavy atom. The second-order valence-corrected chi connectivity index (χ2v) is 6.29. The number of hydrogen-bond donors (Lipinski definition) is 2. The number of nitrogens with two attached hydrogens (primary N) is 1. The Hall–Kier alpha value is -2.41. The van der Waals surface area contributed by atoms with Crippen molar-refractivity contribution in [3.63, 3.8) is 0 Å². The van der Waals surface area contributed by atoms with Crippen molar-refractivity contribution in [1.82, 2.24) is 20.2 Å². The number of carbonyl (C=O) groups is 1. The number of aryl methyl sites for hydroxylation is 1. The van der Waals surface area contributed by atoms with Crippen LogP contribution in [0.15, 0.2) is 28.8 Å². The van der Waals surface area contributed by atoms with Crippen molar-refractivity contribution >= 4 is 11.7 Å². The normalized spacial score (nSPS) is 17.9. The zero-order valence-electron chi connectivity index (χ0n) is 14.6. The van der Waals surface area contributed by atoms with E-state index in [9.17, 15) is 4.79 Å². The lowest BCUT2D eigenvalue weighted by molar-refractivity contribution is 0.0604. The summed E-state index contributed by atoms with van der Waals surface area (Å²) in [6.45, 7) is 4.21. The van der Waals surface area contributed by atoms with Gasteiger partial charge in [-0.15, -0.1) is 0 Å². The summed E-state index contributed by atoms with van der Waals surface area (Å²) in [5.41, 5.74) is 5.76. The lowest BCUT2D eigenvalue weighted by atomic mass is 10.1. The first-order chi connectivity index (χ1) is 12.2. The van der Waals surface area contributed by atoms with E-state index in [1.54, 1.807) is 18.3 Å². The van der Waals surface area contributed by atoms with Crippen LogP contribution >= 0.6 is 0 Å². The Bertz CT molecular complexity index is 707. The molecule has 1 saturated heterocycles. The molecule has 2 aromatic rings. The molecular weight excluding hydrogens is 318 g/mol. The van der Waals surface area contributed by atoms with Crippen molar-refractivity contribution in [1.29, 1.82) is 0 Å². The Kier molecular flexibility index (Phi) is 5.65. The smallest absolute Gasteiger partial charge is 0.290 e. The van der Waals surface area contributed by atoms with Gasteiger partial charge in [0.15, 0.2) is 5.76 Å². The zero-order valence-corrected chi connectivity index (χ0v) is 14.6. The van der Waals surface area contributed by atoms with Gasteiger partial charge in [-0.3, -0.25) is 4.79 Å². The maximum atomic E-state index is 13.1. The molecule has 0 aliphatic carbocycles. The molecule has 0 saturated carbocycles. The average molecular weight is 343 g/mol. The number of carbonyl (C=O) groups excluding carboxylic acids is 1. The van der Waals surface area contributed by atoms with Gasteiger partial charge in [-0.25, -0.2) is 9.97 Å².